The highest BCUT2D eigenvalue weighted by Crippen LogP contribution is 1.96. The highest BCUT2D eigenvalue weighted by molar-refractivity contribution is 5.84. The lowest BCUT2D eigenvalue weighted by atomic mass is 10.1. The number of amides is 2. The fourth-order valence-corrected chi connectivity index (χ4v) is 2.41. The van der Waals surface area contributed by atoms with E-state index in [1.807, 2.05) is 0 Å². The lowest BCUT2D eigenvalue weighted by molar-refractivity contribution is -0.142. The average molecular weight is 775 g/mol. The third-order valence-electron chi connectivity index (χ3n) is 5.70. The quantitative estimate of drug-likeness (QED) is 0.0252. The van der Waals surface area contributed by atoms with E-state index in [1.54, 1.807) is 7.05 Å². The van der Waals surface area contributed by atoms with Gasteiger partial charge in [-0.05, 0) is 25.7 Å². The first-order valence-electron chi connectivity index (χ1n) is 15.3. The fourth-order valence-electron chi connectivity index (χ4n) is 2.41. The van der Waals surface area contributed by atoms with Gasteiger partial charge in [0.1, 0.15) is 30.2 Å². The normalized spacial score (nSPS) is 12.8. The van der Waals surface area contributed by atoms with E-state index in [-0.39, 0.29) is 50.5 Å². The van der Waals surface area contributed by atoms with E-state index in [0.29, 0.717) is 25.3 Å². The highest BCUT2D eigenvalue weighted by atomic mass is 16.5. The van der Waals surface area contributed by atoms with Crippen molar-refractivity contribution in [3.63, 3.8) is 0 Å². The molecule has 0 aliphatic carbocycles. The molecule has 53 heavy (non-hydrogen) atoms. The molecule has 0 fully saturated rings. The van der Waals surface area contributed by atoms with E-state index < -0.39 is 66.0 Å². The van der Waals surface area contributed by atoms with Gasteiger partial charge < -0.3 is 85.4 Å². The molecule has 0 unspecified atom stereocenters. The van der Waals surface area contributed by atoms with Gasteiger partial charge in [-0.3, -0.25) is 43.3 Å². The molecule has 0 saturated carbocycles. The molecule has 2 amide bonds. The van der Waals surface area contributed by atoms with Crippen molar-refractivity contribution in [1.82, 2.24) is 16.0 Å². The molecule has 310 valence electrons. The summed E-state index contributed by atoms with van der Waals surface area (Å²) in [6.45, 7) is 0.652. The number of methoxy groups -OCH3 is 2. The zero-order valence-corrected chi connectivity index (χ0v) is 30.5. The summed E-state index contributed by atoms with van der Waals surface area (Å²) in [5.74, 6) is -6.00. The summed E-state index contributed by atoms with van der Waals surface area (Å²) in [6.07, 6.45) is 1.40. The van der Waals surface area contributed by atoms with Crippen molar-refractivity contribution in [2.75, 3.05) is 48.5 Å². The second-order valence-electron chi connectivity index (χ2n) is 10.1. The SMILES string of the molecule is CN=C(N)NCCC[C@@H](N)C(=O)O.CNC(=O)CC[C@@H](N)C(=O)O.CNC(=O)C[C@@H](N)C(=O)O.COC(=O)CC[C@@H](N)C(=O)O.COC[C@@H](N)C(=O)O. The van der Waals surface area contributed by atoms with E-state index in [2.05, 4.69) is 30.4 Å². The van der Waals surface area contributed by atoms with Gasteiger partial charge in [-0.2, -0.15) is 0 Å². The molecule has 25 nitrogen and oxygen atoms in total. The molecule has 0 aliphatic rings. The fraction of sp³-hybridized carbons (Fsp3) is 0.679. The predicted molar refractivity (Wildman–Crippen MR) is 188 cm³/mol. The van der Waals surface area contributed by atoms with Crippen LogP contribution in [0, 0.1) is 0 Å². The maximum Gasteiger partial charge on any atom is 0.322 e. The second kappa shape index (κ2) is 36.6. The Morgan fingerprint density at radius 2 is 1.02 bits per heavy atom. The second-order valence-corrected chi connectivity index (χ2v) is 10.1. The number of hydrogen-bond donors (Lipinski definition) is 14. The Hall–Kier alpha value is -5.21. The molecule has 0 saturated heterocycles. The molecular weight excluding hydrogens is 716 g/mol. The van der Waals surface area contributed by atoms with Gasteiger partial charge in [0.15, 0.2) is 5.96 Å². The largest absolute Gasteiger partial charge is 0.480 e. The minimum Gasteiger partial charge on any atom is -0.480 e. The van der Waals surface area contributed by atoms with E-state index in [1.165, 1.54) is 28.3 Å². The molecule has 0 aromatic carbocycles. The number of nitrogens with one attached hydrogen (secondary N) is 3. The lowest BCUT2D eigenvalue weighted by Gasteiger charge is -2.07. The van der Waals surface area contributed by atoms with Crippen molar-refractivity contribution in [3.8, 4) is 0 Å². The van der Waals surface area contributed by atoms with Crippen molar-refractivity contribution < 1.29 is 73.4 Å². The molecule has 0 aromatic heterocycles. The number of carboxylic acid groups (broad SMARTS) is 5. The number of carboxylic acids is 5. The van der Waals surface area contributed by atoms with Crippen molar-refractivity contribution >= 4 is 53.6 Å². The molecule has 5 atom stereocenters. The highest BCUT2D eigenvalue weighted by Gasteiger charge is 2.15. The first-order chi connectivity index (χ1) is 24.5. The first-order valence-corrected chi connectivity index (χ1v) is 15.3. The summed E-state index contributed by atoms with van der Waals surface area (Å²) < 4.78 is 8.75. The van der Waals surface area contributed by atoms with Gasteiger partial charge in [-0.25, -0.2) is 0 Å². The molecule has 0 radical (unpaired) electrons. The number of ether oxygens (including phenoxy) is 2. The van der Waals surface area contributed by atoms with E-state index in [9.17, 15) is 38.4 Å². The molecule has 0 aliphatic heterocycles. The topological polar surface area (TPSA) is 461 Å². The molecule has 0 rings (SSSR count). The first kappa shape index (κ1) is 57.1. The van der Waals surface area contributed by atoms with Crippen LogP contribution < -0.4 is 50.4 Å². The minimum absolute atomic E-state index is 0.0456. The molecule has 0 spiro atoms. The minimum atomic E-state index is -1.16. The summed E-state index contributed by atoms with van der Waals surface area (Å²) in [5.41, 5.74) is 30.9. The van der Waals surface area contributed by atoms with Crippen LogP contribution in [0.1, 0.15) is 44.9 Å². The maximum atomic E-state index is 10.6. The Balaban J connectivity index is -0.000000183. The number of hydrogen-bond acceptors (Lipinski definition) is 16. The summed E-state index contributed by atoms with van der Waals surface area (Å²) in [6, 6.07) is -4.69. The van der Waals surface area contributed by atoms with Gasteiger partial charge in [0, 0.05) is 47.6 Å². The molecule has 25 heteroatoms. The molecule has 0 heterocycles. The number of nitrogens with zero attached hydrogens (tertiary/aromatic N) is 1. The van der Waals surface area contributed by atoms with E-state index in [4.69, 9.17) is 59.9 Å². The maximum absolute atomic E-state index is 10.6. The molecule has 0 aromatic rings. The van der Waals surface area contributed by atoms with E-state index in [0.717, 1.165) is 0 Å². The Kier molecular flexibility index (Phi) is 39.4. The van der Waals surface area contributed by atoms with Crippen molar-refractivity contribution in [2.45, 2.75) is 75.2 Å². The van der Waals surface area contributed by atoms with Gasteiger partial charge in [0.05, 0.1) is 20.1 Å². The van der Waals surface area contributed by atoms with Crippen LogP contribution in [0.4, 0.5) is 0 Å². The van der Waals surface area contributed by atoms with Crippen LogP contribution in [0.2, 0.25) is 0 Å². The van der Waals surface area contributed by atoms with Crippen LogP contribution in [0.3, 0.4) is 0 Å². The number of esters is 1. The zero-order valence-electron chi connectivity index (χ0n) is 30.5. The van der Waals surface area contributed by atoms with Crippen LogP contribution in [-0.4, -0.2) is 158 Å². The average Bonchev–Trinajstić information content (AvgIpc) is 3.11. The van der Waals surface area contributed by atoms with Crippen LogP contribution >= 0.6 is 0 Å². The third kappa shape index (κ3) is 42.9. The van der Waals surface area contributed by atoms with Gasteiger partial charge in [0.2, 0.25) is 11.8 Å². The Labute approximate surface area is 306 Å². The van der Waals surface area contributed by atoms with Crippen molar-refractivity contribution in [2.24, 2.45) is 39.4 Å². The number of nitrogens with two attached hydrogens (primary N) is 6. The number of guanidine groups is 1. The van der Waals surface area contributed by atoms with Crippen LogP contribution in [0.15, 0.2) is 4.99 Å². The van der Waals surface area contributed by atoms with E-state index >= 15 is 0 Å². The Morgan fingerprint density at radius 1 is 0.623 bits per heavy atom. The number of aliphatic imine (C=N–C) groups is 1. The number of carbonyl (C=O) groups is 8. The summed E-state index contributed by atoms with van der Waals surface area (Å²) >= 11 is 0. The van der Waals surface area contributed by atoms with Gasteiger partial charge in [0.25, 0.3) is 0 Å². The van der Waals surface area contributed by atoms with Crippen molar-refractivity contribution in [1.29, 1.82) is 0 Å². The van der Waals surface area contributed by atoms with Gasteiger partial charge in [-0.15, -0.1) is 0 Å². The van der Waals surface area contributed by atoms with Crippen LogP contribution in [0.5, 0.6) is 0 Å². The van der Waals surface area contributed by atoms with Crippen LogP contribution in [0.25, 0.3) is 0 Å². The zero-order chi connectivity index (χ0) is 42.7. The molecule has 0 bridgehead atoms. The van der Waals surface area contributed by atoms with Crippen LogP contribution in [-0.2, 0) is 47.8 Å². The van der Waals surface area contributed by atoms with Gasteiger partial charge >= 0.3 is 35.8 Å². The third-order valence-corrected chi connectivity index (χ3v) is 5.70. The van der Waals surface area contributed by atoms with Gasteiger partial charge in [-0.1, -0.05) is 0 Å². The Bertz CT molecular complexity index is 1090. The smallest absolute Gasteiger partial charge is 0.322 e. The summed E-state index contributed by atoms with van der Waals surface area (Å²) in [4.78, 5) is 85.7. The van der Waals surface area contributed by atoms with Crippen molar-refractivity contribution in [3.05, 3.63) is 0 Å². The predicted octanol–water partition coefficient (Wildman–Crippen LogP) is -5.43. The molecular formula is C28H58N10O15. The molecule has 20 N–H and O–H groups in total. The summed E-state index contributed by atoms with van der Waals surface area (Å²) in [5, 5.41) is 48.8. The number of aliphatic carboxylic acids is 5. The lowest BCUT2D eigenvalue weighted by Crippen LogP contribution is -2.35. The number of rotatable bonds is 19. The Morgan fingerprint density at radius 3 is 1.34 bits per heavy atom. The number of carbonyl (C=O) groups excluding carboxylic acids is 3. The monoisotopic (exact) mass is 774 g/mol. The standard InChI is InChI=1S/C7H16N4O2.C6H12N2O3.C6H11NO4.C5H10N2O3.C4H9NO3/c1-10-7(9)11-4-2-3-5(8)6(12)13;1-8-5(9)3-2-4(7)6(10)11;1-11-5(8)3-2-4(7)6(9)10;1-7-4(8)2-3(6)5(9)10;1-8-2-3(5)4(6)7/h5H,2-4,8H2,1H3,(H,12,13)(H3,9,10,11);4H,2-3,7H2,1H3,(H,8,9)(H,10,11);4H,2-3,7H2,1H3,(H,9,10);3H,2,6H2,1H3,(H,7,8)(H,9,10);3H,2,5H2,1H3,(H,6,7)/t5-;2*4-;2*3-/m11111/s1. The summed E-state index contributed by atoms with van der Waals surface area (Å²) in [7, 11) is 7.15.